The topological polar surface area (TPSA) is 92.4 Å². The van der Waals surface area contributed by atoms with E-state index < -0.39 is 17.5 Å². The van der Waals surface area contributed by atoms with E-state index in [9.17, 15) is 14.7 Å². The smallest absolute Gasteiger partial charge is 0.329 e. The molecule has 0 heterocycles. The maximum absolute atomic E-state index is 11.8. The first-order chi connectivity index (χ1) is 8.84. The van der Waals surface area contributed by atoms with Crippen LogP contribution in [0.15, 0.2) is 0 Å². The first kappa shape index (κ1) is 12.8. The third kappa shape index (κ3) is 1.74. The highest BCUT2D eigenvalue weighted by Gasteiger charge is 2.62. The molecule has 0 spiro atoms. The molecule has 4 fully saturated rings. The van der Waals surface area contributed by atoms with Crippen molar-refractivity contribution in [2.45, 2.75) is 51.0 Å². The minimum atomic E-state index is -1.23. The summed E-state index contributed by atoms with van der Waals surface area (Å²) >= 11 is 0. The molecule has 0 radical (unpaired) electrons. The van der Waals surface area contributed by atoms with Gasteiger partial charge in [-0.05, 0) is 63.2 Å². The summed E-state index contributed by atoms with van der Waals surface area (Å²) in [7, 11) is 0. The zero-order chi connectivity index (χ0) is 13.8. The Labute approximate surface area is 112 Å². The second kappa shape index (κ2) is 3.87. The van der Waals surface area contributed by atoms with E-state index in [4.69, 9.17) is 5.73 Å². The number of urea groups is 1. The second-order valence-electron chi connectivity index (χ2n) is 7.12. The number of nitrogens with two attached hydrogens (primary N) is 1. The van der Waals surface area contributed by atoms with Crippen LogP contribution in [0.25, 0.3) is 0 Å². The Kier molecular flexibility index (Phi) is 2.60. The first-order valence-electron chi connectivity index (χ1n) is 7.16. The molecule has 5 nitrogen and oxygen atoms in total. The van der Waals surface area contributed by atoms with E-state index in [0.29, 0.717) is 17.8 Å². The Morgan fingerprint density at radius 3 is 1.89 bits per heavy atom. The lowest BCUT2D eigenvalue weighted by Gasteiger charge is -2.61. The molecule has 4 bridgehead atoms. The van der Waals surface area contributed by atoms with Gasteiger partial charge in [-0.1, -0.05) is 0 Å². The van der Waals surface area contributed by atoms with Crippen LogP contribution < -0.4 is 11.1 Å². The molecule has 4 N–H and O–H groups in total. The van der Waals surface area contributed by atoms with E-state index >= 15 is 0 Å². The van der Waals surface area contributed by atoms with Crippen molar-refractivity contribution in [1.29, 1.82) is 0 Å². The van der Waals surface area contributed by atoms with Crippen LogP contribution in [-0.2, 0) is 4.79 Å². The SMILES string of the molecule is CC(NC(N)=O)(C(=O)O)C12CC3CC(CC(C3)C1)C2. The van der Waals surface area contributed by atoms with Crippen molar-refractivity contribution in [1.82, 2.24) is 5.32 Å². The highest BCUT2D eigenvalue weighted by Crippen LogP contribution is 2.63. The van der Waals surface area contributed by atoms with Gasteiger partial charge in [-0.15, -0.1) is 0 Å². The summed E-state index contributed by atoms with van der Waals surface area (Å²) in [5.74, 6) is 0.965. The van der Waals surface area contributed by atoms with E-state index in [-0.39, 0.29) is 5.41 Å². The van der Waals surface area contributed by atoms with Crippen LogP contribution in [0.3, 0.4) is 0 Å². The van der Waals surface area contributed by atoms with Crippen LogP contribution in [0.4, 0.5) is 4.79 Å². The maximum Gasteiger partial charge on any atom is 0.329 e. The van der Waals surface area contributed by atoms with Gasteiger partial charge in [-0.25, -0.2) is 9.59 Å². The number of carboxylic acids is 1. The number of aliphatic carboxylic acids is 1. The van der Waals surface area contributed by atoms with Crippen molar-refractivity contribution in [3.63, 3.8) is 0 Å². The molecule has 4 aliphatic rings. The Bertz CT molecular complexity index is 399. The largest absolute Gasteiger partial charge is 0.479 e. The molecule has 0 aliphatic heterocycles. The van der Waals surface area contributed by atoms with Crippen molar-refractivity contribution < 1.29 is 14.7 Å². The molecule has 4 aliphatic carbocycles. The molecule has 4 rings (SSSR count). The molecule has 0 aromatic heterocycles. The number of carboxylic acid groups (broad SMARTS) is 1. The standard InChI is InChI=1S/C14H22N2O3/c1-13(11(17)18,16-12(15)19)14-5-8-2-9(6-14)4-10(3-8)7-14/h8-10H,2-7H2,1H3,(H,17,18)(H3,15,16,19). The van der Waals surface area contributed by atoms with Crippen LogP contribution in [0.2, 0.25) is 0 Å². The van der Waals surface area contributed by atoms with Crippen LogP contribution in [0.5, 0.6) is 0 Å². The number of rotatable bonds is 3. The van der Waals surface area contributed by atoms with Crippen molar-refractivity contribution in [3.05, 3.63) is 0 Å². The fourth-order valence-corrected chi connectivity index (χ4v) is 5.38. The third-order valence-electron chi connectivity index (χ3n) is 5.90. The summed E-state index contributed by atoms with van der Waals surface area (Å²) in [5, 5.41) is 12.2. The summed E-state index contributed by atoms with van der Waals surface area (Å²) in [5.41, 5.74) is 3.69. The van der Waals surface area contributed by atoms with Crippen molar-refractivity contribution >= 4 is 12.0 Å². The predicted molar refractivity (Wildman–Crippen MR) is 69.4 cm³/mol. The second-order valence-corrected chi connectivity index (χ2v) is 7.12. The molecule has 0 aromatic carbocycles. The zero-order valence-electron chi connectivity index (χ0n) is 11.3. The Morgan fingerprint density at radius 1 is 1.16 bits per heavy atom. The lowest BCUT2D eigenvalue weighted by Crippen LogP contribution is -2.68. The van der Waals surface area contributed by atoms with Gasteiger partial charge in [0.1, 0.15) is 5.54 Å². The lowest BCUT2D eigenvalue weighted by molar-refractivity contribution is -0.163. The summed E-state index contributed by atoms with van der Waals surface area (Å²) in [4.78, 5) is 23.1. The molecule has 0 saturated heterocycles. The number of amides is 2. The van der Waals surface area contributed by atoms with Gasteiger partial charge in [0.25, 0.3) is 0 Å². The van der Waals surface area contributed by atoms with Crippen molar-refractivity contribution in [3.8, 4) is 0 Å². The Morgan fingerprint density at radius 2 is 1.58 bits per heavy atom. The number of carbonyl (C=O) groups is 2. The van der Waals surface area contributed by atoms with Gasteiger partial charge in [0, 0.05) is 5.41 Å². The number of primary amides is 1. The number of carbonyl (C=O) groups excluding carboxylic acids is 1. The van der Waals surface area contributed by atoms with Gasteiger partial charge in [0.05, 0.1) is 0 Å². The highest BCUT2D eigenvalue weighted by atomic mass is 16.4. The molecule has 106 valence electrons. The fourth-order valence-electron chi connectivity index (χ4n) is 5.38. The predicted octanol–water partition coefficient (Wildman–Crippen LogP) is 1.71. The fraction of sp³-hybridized carbons (Fsp3) is 0.857. The third-order valence-corrected chi connectivity index (χ3v) is 5.90. The van der Waals surface area contributed by atoms with Crippen molar-refractivity contribution in [2.75, 3.05) is 0 Å². The quantitative estimate of drug-likeness (QED) is 0.726. The lowest BCUT2D eigenvalue weighted by atomic mass is 9.45. The molecule has 0 aromatic rings. The van der Waals surface area contributed by atoms with E-state index in [1.807, 2.05) is 0 Å². The summed E-state index contributed by atoms with van der Waals surface area (Å²) in [6.45, 7) is 1.65. The molecule has 1 atom stereocenters. The molecule has 2 amide bonds. The van der Waals surface area contributed by atoms with E-state index in [2.05, 4.69) is 5.32 Å². The zero-order valence-corrected chi connectivity index (χ0v) is 11.3. The van der Waals surface area contributed by atoms with Crippen LogP contribution >= 0.6 is 0 Å². The first-order valence-corrected chi connectivity index (χ1v) is 7.16. The summed E-state index contributed by atoms with van der Waals surface area (Å²) in [6.07, 6.45) is 6.48. The van der Waals surface area contributed by atoms with Gasteiger partial charge in [-0.3, -0.25) is 0 Å². The van der Waals surface area contributed by atoms with Gasteiger partial charge >= 0.3 is 12.0 Å². The molecular formula is C14H22N2O3. The van der Waals surface area contributed by atoms with Crippen LogP contribution in [0.1, 0.15) is 45.4 Å². The molecule has 19 heavy (non-hydrogen) atoms. The molecule has 1 unspecified atom stereocenters. The normalized spacial score (nSPS) is 42.7. The molecule has 4 saturated carbocycles. The van der Waals surface area contributed by atoms with E-state index in [1.165, 1.54) is 19.3 Å². The number of nitrogens with one attached hydrogen (secondary N) is 1. The van der Waals surface area contributed by atoms with Gasteiger partial charge < -0.3 is 16.2 Å². The van der Waals surface area contributed by atoms with Crippen LogP contribution in [0, 0.1) is 23.2 Å². The van der Waals surface area contributed by atoms with E-state index in [1.54, 1.807) is 6.92 Å². The van der Waals surface area contributed by atoms with Gasteiger partial charge in [-0.2, -0.15) is 0 Å². The Balaban J connectivity index is 1.97. The minimum Gasteiger partial charge on any atom is -0.479 e. The highest BCUT2D eigenvalue weighted by molar-refractivity contribution is 5.86. The molecular weight excluding hydrogens is 244 g/mol. The van der Waals surface area contributed by atoms with E-state index in [0.717, 1.165) is 19.3 Å². The summed E-state index contributed by atoms with van der Waals surface area (Å²) < 4.78 is 0. The average molecular weight is 266 g/mol. The minimum absolute atomic E-state index is 0.303. The molecule has 5 heteroatoms. The van der Waals surface area contributed by atoms with Gasteiger partial charge in [0.2, 0.25) is 0 Å². The number of hydrogen-bond acceptors (Lipinski definition) is 2. The average Bonchev–Trinajstić information content (AvgIpc) is 2.25. The summed E-state index contributed by atoms with van der Waals surface area (Å²) in [6, 6.07) is -0.736. The maximum atomic E-state index is 11.8. The van der Waals surface area contributed by atoms with Crippen molar-refractivity contribution in [2.24, 2.45) is 28.9 Å². The Hall–Kier alpha value is -1.26. The monoisotopic (exact) mass is 266 g/mol. The van der Waals surface area contributed by atoms with Crippen LogP contribution in [-0.4, -0.2) is 22.6 Å². The number of hydrogen-bond donors (Lipinski definition) is 3. The van der Waals surface area contributed by atoms with Gasteiger partial charge in [0.15, 0.2) is 0 Å².